The molecule has 1 atom stereocenters. The Bertz CT molecular complexity index is 733. The van der Waals surface area contributed by atoms with E-state index in [1.165, 1.54) is 17.7 Å². The van der Waals surface area contributed by atoms with E-state index < -0.39 is 10.0 Å². The molecule has 0 aliphatic carbocycles. The number of sulfonamides is 1. The lowest BCUT2D eigenvalue weighted by atomic mass is 10.1. The third-order valence-electron chi connectivity index (χ3n) is 3.25. The molecule has 0 aliphatic rings. The first-order valence-corrected chi connectivity index (χ1v) is 9.14. The van der Waals surface area contributed by atoms with Gasteiger partial charge in [0.05, 0.1) is 5.02 Å². The fraction of sp³-hybridized carbons (Fsp3) is 0.250. The van der Waals surface area contributed by atoms with Crippen molar-refractivity contribution in [1.82, 2.24) is 4.72 Å². The SMILES string of the molecule is C[C@@H](CCc1ccccc1)NS(=O)(=O)c1cc(Cl)ccc1Cl. The molecule has 0 unspecified atom stereocenters. The predicted octanol–water partition coefficient (Wildman–Crippen LogP) is 4.29. The van der Waals surface area contributed by atoms with Crippen molar-refractivity contribution in [2.75, 3.05) is 0 Å². The Balaban J connectivity index is 2.03. The second-order valence-corrected chi connectivity index (χ2v) is 7.65. The summed E-state index contributed by atoms with van der Waals surface area (Å²) < 4.78 is 27.4. The van der Waals surface area contributed by atoms with E-state index in [9.17, 15) is 8.42 Å². The molecule has 2 aromatic carbocycles. The van der Waals surface area contributed by atoms with Gasteiger partial charge in [0, 0.05) is 11.1 Å². The lowest BCUT2D eigenvalue weighted by Crippen LogP contribution is -2.33. The van der Waals surface area contributed by atoms with Crippen molar-refractivity contribution in [2.24, 2.45) is 0 Å². The zero-order valence-corrected chi connectivity index (χ0v) is 14.4. The van der Waals surface area contributed by atoms with Crippen LogP contribution in [0.15, 0.2) is 53.4 Å². The number of hydrogen-bond acceptors (Lipinski definition) is 2. The molecule has 0 fully saturated rings. The smallest absolute Gasteiger partial charge is 0.208 e. The van der Waals surface area contributed by atoms with Crippen LogP contribution in [-0.2, 0) is 16.4 Å². The van der Waals surface area contributed by atoms with Crippen molar-refractivity contribution >= 4 is 33.2 Å². The van der Waals surface area contributed by atoms with Crippen LogP contribution in [0.4, 0.5) is 0 Å². The Hall–Kier alpha value is -1.07. The molecule has 0 radical (unpaired) electrons. The molecule has 1 N–H and O–H groups in total. The number of hydrogen-bond donors (Lipinski definition) is 1. The first-order chi connectivity index (χ1) is 10.4. The van der Waals surface area contributed by atoms with E-state index in [1.54, 1.807) is 6.07 Å². The van der Waals surface area contributed by atoms with Crippen molar-refractivity contribution in [3.63, 3.8) is 0 Å². The van der Waals surface area contributed by atoms with Gasteiger partial charge in [0.1, 0.15) is 4.90 Å². The van der Waals surface area contributed by atoms with Crippen LogP contribution < -0.4 is 4.72 Å². The third-order valence-corrected chi connectivity index (χ3v) is 5.55. The van der Waals surface area contributed by atoms with Crippen LogP contribution in [0.5, 0.6) is 0 Å². The van der Waals surface area contributed by atoms with Gasteiger partial charge < -0.3 is 0 Å². The van der Waals surface area contributed by atoms with Crippen LogP contribution in [0, 0.1) is 0 Å². The summed E-state index contributed by atoms with van der Waals surface area (Å²) in [5.41, 5.74) is 1.18. The minimum atomic E-state index is -3.68. The van der Waals surface area contributed by atoms with E-state index in [-0.39, 0.29) is 16.0 Å². The Kier molecular flexibility index (Phi) is 5.87. The van der Waals surface area contributed by atoms with Crippen molar-refractivity contribution in [1.29, 1.82) is 0 Å². The molecule has 0 amide bonds. The van der Waals surface area contributed by atoms with Gasteiger partial charge in [-0.05, 0) is 43.5 Å². The summed E-state index contributed by atoms with van der Waals surface area (Å²) in [6.45, 7) is 1.83. The number of rotatable bonds is 6. The summed E-state index contributed by atoms with van der Waals surface area (Å²) in [7, 11) is -3.68. The van der Waals surface area contributed by atoms with E-state index in [0.717, 1.165) is 6.42 Å². The summed E-state index contributed by atoms with van der Waals surface area (Å²) >= 11 is 11.8. The van der Waals surface area contributed by atoms with Crippen LogP contribution in [0.3, 0.4) is 0 Å². The Morgan fingerprint density at radius 3 is 2.45 bits per heavy atom. The highest BCUT2D eigenvalue weighted by molar-refractivity contribution is 7.89. The Morgan fingerprint density at radius 1 is 1.09 bits per heavy atom. The molecule has 6 heteroatoms. The fourth-order valence-electron chi connectivity index (χ4n) is 2.10. The second kappa shape index (κ2) is 7.47. The monoisotopic (exact) mass is 357 g/mol. The van der Waals surface area contributed by atoms with Gasteiger partial charge >= 0.3 is 0 Å². The summed E-state index contributed by atoms with van der Waals surface area (Å²) in [4.78, 5) is 0.00762. The number of benzene rings is 2. The van der Waals surface area contributed by atoms with Crippen LogP contribution in [0.2, 0.25) is 10.0 Å². The third kappa shape index (κ3) is 4.71. The lowest BCUT2D eigenvalue weighted by molar-refractivity contribution is 0.547. The molecule has 118 valence electrons. The zero-order valence-electron chi connectivity index (χ0n) is 12.1. The van der Waals surface area contributed by atoms with Gasteiger partial charge in [-0.15, -0.1) is 0 Å². The minimum Gasteiger partial charge on any atom is -0.208 e. The molecule has 2 aromatic rings. The molecular weight excluding hydrogens is 341 g/mol. The molecule has 3 nitrogen and oxygen atoms in total. The van der Waals surface area contributed by atoms with Crippen LogP contribution in [0.25, 0.3) is 0 Å². The maximum absolute atomic E-state index is 12.4. The number of halogens is 2. The van der Waals surface area contributed by atoms with Gasteiger partial charge in [-0.1, -0.05) is 53.5 Å². The fourth-order valence-corrected chi connectivity index (χ4v) is 4.14. The maximum Gasteiger partial charge on any atom is 0.242 e. The van der Waals surface area contributed by atoms with Crippen molar-refractivity contribution in [3.8, 4) is 0 Å². The average molecular weight is 358 g/mol. The normalized spacial score (nSPS) is 13.0. The van der Waals surface area contributed by atoms with E-state index >= 15 is 0 Å². The highest BCUT2D eigenvalue weighted by atomic mass is 35.5. The molecule has 2 rings (SSSR count). The van der Waals surface area contributed by atoms with E-state index in [0.29, 0.717) is 11.4 Å². The molecule has 0 saturated carbocycles. The zero-order chi connectivity index (χ0) is 16.2. The van der Waals surface area contributed by atoms with Crippen molar-refractivity contribution in [2.45, 2.75) is 30.7 Å². The quantitative estimate of drug-likeness (QED) is 0.837. The van der Waals surface area contributed by atoms with Gasteiger partial charge in [0.25, 0.3) is 0 Å². The molecule has 0 aromatic heterocycles. The first kappa shape index (κ1) is 17.3. The molecule has 0 saturated heterocycles. The Labute approximate surface area is 141 Å². The molecule has 0 spiro atoms. The van der Waals surface area contributed by atoms with Crippen LogP contribution in [0.1, 0.15) is 18.9 Å². The molecule has 0 aliphatic heterocycles. The lowest BCUT2D eigenvalue weighted by Gasteiger charge is -2.15. The summed E-state index contributed by atoms with van der Waals surface area (Å²) in [5.74, 6) is 0. The number of aryl methyl sites for hydroxylation is 1. The van der Waals surface area contributed by atoms with Gasteiger partial charge in [-0.3, -0.25) is 0 Å². The molecular formula is C16H17Cl2NO2S. The topological polar surface area (TPSA) is 46.2 Å². The van der Waals surface area contributed by atoms with Gasteiger partial charge in [-0.2, -0.15) is 0 Å². The highest BCUT2D eigenvalue weighted by Crippen LogP contribution is 2.25. The largest absolute Gasteiger partial charge is 0.242 e. The minimum absolute atomic E-state index is 0.00762. The van der Waals surface area contributed by atoms with E-state index in [2.05, 4.69) is 4.72 Å². The van der Waals surface area contributed by atoms with Gasteiger partial charge in [0.2, 0.25) is 10.0 Å². The number of nitrogens with one attached hydrogen (secondary N) is 1. The summed E-state index contributed by atoms with van der Waals surface area (Å²) in [5, 5.41) is 0.494. The van der Waals surface area contributed by atoms with Gasteiger partial charge in [-0.25, -0.2) is 13.1 Å². The maximum atomic E-state index is 12.4. The van der Waals surface area contributed by atoms with Crippen LogP contribution in [-0.4, -0.2) is 14.5 Å². The molecule has 0 bridgehead atoms. The average Bonchev–Trinajstić information content (AvgIpc) is 2.48. The Morgan fingerprint density at radius 2 is 1.77 bits per heavy atom. The highest BCUT2D eigenvalue weighted by Gasteiger charge is 2.20. The standard InChI is InChI=1S/C16H17Cl2NO2S/c1-12(7-8-13-5-3-2-4-6-13)19-22(20,21)16-11-14(17)9-10-15(16)18/h2-6,9-12,19H,7-8H2,1H3/t12-/m0/s1. The first-order valence-electron chi connectivity index (χ1n) is 6.90. The van der Waals surface area contributed by atoms with E-state index in [4.69, 9.17) is 23.2 Å². The predicted molar refractivity (Wildman–Crippen MR) is 91.0 cm³/mol. The van der Waals surface area contributed by atoms with Gasteiger partial charge in [0.15, 0.2) is 0 Å². The molecule has 22 heavy (non-hydrogen) atoms. The molecule has 0 heterocycles. The van der Waals surface area contributed by atoms with Crippen LogP contribution >= 0.6 is 23.2 Å². The summed E-state index contributed by atoms with van der Waals surface area (Å²) in [6, 6.07) is 14.1. The van der Waals surface area contributed by atoms with Crippen molar-refractivity contribution < 1.29 is 8.42 Å². The van der Waals surface area contributed by atoms with E-state index in [1.807, 2.05) is 37.3 Å². The summed E-state index contributed by atoms with van der Waals surface area (Å²) in [6.07, 6.45) is 1.50. The second-order valence-electron chi connectivity index (χ2n) is 5.12. The van der Waals surface area contributed by atoms with Crippen molar-refractivity contribution in [3.05, 3.63) is 64.1 Å².